The number of likely N-dealkylation sites (N-methyl/N-ethyl adjacent to an activating group) is 1. The molecule has 2 aliphatic carbocycles. The Bertz CT molecular complexity index is 1120. The fourth-order valence-corrected chi connectivity index (χ4v) is 5.59. The summed E-state index contributed by atoms with van der Waals surface area (Å²) in [4.78, 5) is 27.4. The molecule has 1 saturated carbocycles. The van der Waals surface area contributed by atoms with Gasteiger partial charge in [-0.3, -0.25) is 9.59 Å². The topological polar surface area (TPSA) is 37.4 Å². The van der Waals surface area contributed by atoms with Gasteiger partial charge < -0.3 is 4.90 Å². The fourth-order valence-electron chi connectivity index (χ4n) is 5.39. The van der Waals surface area contributed by atoms with Crippen LogP contribution >= 0.6 is 11.6 Å². The molecule has 2 aromatic carbocycles. The number of nitrogens with zero attached hydrogens (tertiary/aromatic N) is 1. The van der Waals surface area contributed by atoms with E-state index in [1.54, 1.807) is 30.3 Å². The van der Waals surface area contributed by atoms with E-state index in [1.807, 2.05) is 24.1 Å². The molecule has 1 heterocycles. The van der Waals surface area contributed by atoms with E-state index in [1.165, 1.54) is 6.07 Å². The van der Waals surface area contributed by atoms with Crippen LogP contribution in [0.2, 0.25) is 5.02 Å². The molecule has 3 nitrogen and oxygen atoms in total. The summed E-state index contributed by atoms with van der Waals surface area (Å²) in [5.41, 5.74) is 3.08. The second-order valence-electron chi connectivity index (χ2n) is 8.32. The standard InChI is InChI=1S/C25H21ClFNO2/c1-28-21(10-9-18-23(29)16-7-3-4-8-17(16)24(18)30)25(11-5-2-6-12-25)19-13-15(26)14-20(27)22(19)28/h3-4,7-10,13-14H,2,5-6,11-12H2,1H3/b21-10+. The Balaban J connectivity index is 1.64. The minimum Gasteiger partial charge on any atom is -0.345 e. The summed E-state index contributed by atoms with van der Waals surface area (Å²) in [5.74, 6) is -0.850. The number of hydrogen-bond donors (Lipinski definition) is 0. The highest BCUT2D eigenvalue weighted by molar-refractivity contribution is 6.39. The minimum atomic E-state index is -0.346. The number of hydrogen-bond acceptors (Lipinski definition) is 3. The van der Waals surface area contributed by atoms with Crippen molar-refractivity contribution in [3.63, 3.8) is 0 Å². The maximum atomic E-state index is 14.9. The molecule has 5 heteroatoms. The number of allylic oxidation sites excluding steroid dienone is 4. The van der Waals surface area contributed by atoms with Gasteiger partial charge in [0.25, 0.3) is 0 Å². The zero-order chi connectivity index (χ0) is 21.0. The molecule has 152 valence electrons. The summed E-state index contributed by atoms with van der Waals surface area (Å²) in [7, 11) is 1.84. The van der Waals surface area contributed by atoms with Gasteiger partial charge in [0.1, 0.15) is 5.82 Å². The van der Waals surface area contributed by atoms with E-state index in [-0.39, 0.29) is 28.4 Å². The lowest BCUT2D eigenvalue weighted by atomic mass is 9.68. The van der Waals surface area contributed by atoms with Crippen LogP contribution in [-0.2, 0) is 5.41 Å². The van der Waals surface area contributed by atoms with Gasteiger partial charge in [0.2, 0.25) is 0 Å². The van der Waals surface area contributed by atoms with Gasteiger partial charge in [-0.05, 0) is 42.7 Å². The summed E-state index contributed by atoms with van der Waals surface area (Å²) in [6.07, 6.45) is 8.47. The van der Waals surface area contributed by atoms with Gasteiger partial charge in [0.15, 0.2) is 11.6 Å². The molecule has 5 rings (SSSR count). The normalized spacial score (nSPS) is 20.8. The lowest BCUT2D eigenvalue weighted by Crippen LogP contribution is -2.31. The molecular formula is C25H21ClFNO2. The van der Waals surface area contributed by atoms with Crippen LogP contribution in [0.1, 0.15) is 58.4 Å². The van der Waals surface area contributed by atoms with E-state index in [0.29, 0.717) is 21.8 Å². The van der Waals surface area contributed by atoms with Crippen molar-refractivity contribution in [2.45, 2.75) is 37.5 Å². The van der Waals surface area contributed by atoms with Crippen LogP contribution in [0.25, 0.3) is 0 Å². The molecule has 1 fully saturated rings. The van der Waals surface area contributed by atoms with E-state index < -0.39 is 0 Å². The number of Topliss-reactive ketones (excluding diaryl/α,β-unsaturated/α-hetero) is 2. The van der Waals surface area contributed by atoms with Crippen LogP contribution in [0.3, 0.4) is 0 Å². The first-order valence-corrected chi connectivity index (χ1v) is 10.7. The Hall–Kier alpha value is -2.72. The Labute approximate surface area is 179 Å². The van der Waals surface area contributed by atoms with Crippen molar-refractivity contribution >= 4 is 28.9 Å². The van der Waals surface area contributed by atoms with E-state index in [0.717, 1.165) is 43.4 Å². The molecule has 0 radical (unpaired) electrons. The largest absolute Gasteiger partial charge is 0.345 e. The average Bonchev–Trinajstić information content (AvgIpc) is 3.11. The third-order valence-electron chi connectivity index (χ3n) is 6.75. The molecule has 0 unspecified atom stereocenters. The Morgan fingerprint density at radius 1 is 1.00 bits per heavy atom. The highest BCUT2D eigenvalue weighted by atomic mass is 35.5. The third-order valence-corrected chi connectivity index (χ3v) is 6.97. The summed E-state index contributed by atoms with van der Waals surface area (Å²) in [6, 6.07) is 10.1. The van der Waals surface area contributed by atoms with E-state index in [2.05, 4.69) is 0 Å². The summed E-state index contributed by atoms with van der Waals surface area (Å²) < 4.78 is 14.9. The molecular weight excluding hydrogens is 401 g/mol. The van der Waals surface area contributed by atoms with Crippen molar-refractivity contribution in [2.24, 2.45) is 0 Å². The van der Waals surface area contributed by atoms with Gasteiger partial charge in [0, 0.05) is 34.3 Å². The number of halogens is 2. The number of rotatable bonds is 1. The van der Waals surface area contributed by atoms with Crippen molar-refractivity contribution < 1.29 is 14.0 Å². The molecule has 0 saturated heterocycles. The molecule has 0 amide bonds. The molecule has 0 N–H and O–H groups in total. The molecule has 3 aliphatic rings. The van der Waals surface area contributed by atoms with Crippen LogP contribution in [0.15, 0.2) is 59.8 Å². The number of benzene rings is 2. The average molecular weight is 422 g/mol. The third kappa shape index (κ3) is 2.63. The van der Waals surface area contributed by atoms with Gasteiger partial charge in [-0.2, -0.15) is 0 Å². The SMILES string of the molecule is CN1/C(=C/C=C2C(=O)c3ccccc3C2=O)C2(CCCCC2)c2cc(Cl)cc(F)c21. The van der Waals surface area contributed by atoms with Crippen molar-refractivity contribution in [1.82, 2.24) is 0 Å². The van der Waals surface area contributed by atoms with Gasteiger partial charge in [-0.25, -0.2) is 4.39 Å². The zero-order valence-corrected chi connectivity index (χ0v) is 17.4. The van der Waals surface area contributed by atoms with E-state index in [4.69, 9.17) is 11.6 Å². The van der Waals surface area contributed by atoms with Crippen LogP contribution in [-0.4, -0.2) is 18.6 Å². The predicted octanol–water partition coefficient (Wildman–Crippen LogP) is 6.02. The Kier molecular flexibility index (Phi) is 4.44. The second-order valence-corrected chi connectivity index (χ2v) is 8.76. The first-order chi connectivity index (χ1) is 14.4. The number of anilines is 1. The number of carbonyl (C=O) groups is 2. The summed E-state index contributed by atoms with van der Waals surface area (Å²) in [6.45, 7) is 0. The fraction of sp³-hybridized carbons (Fsp3) is 0.280. The second kappa shape index (κ2) is 6.92. The molecule has 0 aromatic heterocycles. The van der Waals surface area contributed by atoms with Crippen molar-refractivity contribution in [3.8, 4) is 0 Å². The Morgan fingerprint density at radius 2 is 1.63 bits per heavy atom. The lowest BCUT2D eigenvalue weighted by Gasteiger charge is -2.36. The first kappa shape index (κ1) is 19.3. The first-order valence-electron chi connectivity index (χ1n) is 10.3. The monoisotopic (exact) mass is 421 g/mol. The van der Waals surface area contributed by atoms with Crippen molar-refractivity contribution in [3.05, 3.63) is 87.4 Å². The minimum absolute atomic E-state index is 0.164. The summed E-state index contributed by atoms with van der Waals surface area (Å²) in [5, 5.41) is 0.390. The van der Waals surface area contributed by atoms with Crippen LogP contribution in [0.5, 0.6) is 0 Å². The maximum Gasteiger partial charge on any atom is 0.197 e. The number of fused-ring (bicyclic) bond motifs is 3. The maximum absolute atomic E-state index is 14.9. The number of carbonyl (C=O) groups excluding carboxylic acids is 2. The lowest BCUT2D eigenvalue weighted by molar-refractivity contribution is 0.0988. The molecule has 30 heavy (non-hydrogen) atoms. The van der Waals surface area contributed by atoms with Gasteiger partial charge >= 0.3 is 0 Å². The van der Waals surface area contributed by atoms with Gasteiger partial charge in [-0.1, -0.05) is 55.1 Å². The van der Waals surface area contributed by atoms with Crippen molar-refractivity contribution in [1.29, 1.82) is 0 Å². The highest BCUT2D eigenvalue weighted by Gasteiger charge is 2.47. The molecule has 1 spiro atoms. The number of ketones is 2. The highest BCUT2D eigenvalue weighted by Crippen LogP contribution is 2.56. The molecule has 0 atom stereocenters. The van der Waals surface area contributed by atoms with Crippen LogP contribution in [0, 0.1) is 5.82 Å². The van der Waals surface area contributed by atoms with Crippen LogP contribution < -0.4 is 4.90 Å². The molecule has 1 aliphatic heterocycles. The zero-order valence-electron chi connectivity index (χ0n) is 16.7. The Morgan fingerprint density at radius 3 is 2.27 bits per heavy atom. The quantitative estimate of drug-likeness (QED) is 0.417. The van der Waals surface area contributed by atoms with Crippen LogP contribution in [0.4, 0.5) is 10.1 Å². The van der Waals surface area contributed by atoms with E-state index in [9.17, 15) is 14.0 Å². The van der Waals surface area contributed by atoms with Gasteiger partial charge in [0.05, 0.1) is 11.3 Å². The molecule has 2 aromatic rings. The molecule has 0 bridgehead atoms. The van der Waals surface area contributed by atoms with Crippen molar-refractivity contribution in [2.75, 3.05) is 11.9 Å². The summed E-state index contributed by atoms with van der Waals surface area (Å²) >= 11 is 6.22. The van der Waals surface area contributed by atoms with E-state index >= 15 is 0 Å². The smallest absolute Gasteiger partial charge is 0.197 e. The van der Waals surface area contributed by atoms with Gasteiger partial charge in [-0.15, -0.1) is 0 Å². The predicted molar refractivity (Wildman–Crippen MR) is 116 cm³/mol.